The fraction of sp³-hybridized carbons (Fsp3) is 0. The molecule has 0 saturated heterocycles. The van der Waals surface area contributed by atoms with Gasteiger partial charge >= 0.3 is 0 Å². The zero-order valence-corrected chi connectivity index (χ0v) is 77.1. The minimum absolute atomic E-state index is 0.591. The van der Waals surface area contributed by atoms with Crippen LogP contribution in [-0.4, -0.2) is 44.9 Å². The summed E-state index contributed by atoms with van der Waals surface area (Å²) in [4.78, 5) is 52.4. The van der Waals surface area contributed by atoms with Crippen LogP contribution >= 0.6 is 0 Å². The molecule has 0 bridgehead atoms. The Morgan fingerprint density at radius 3 is 0.882 bits per heavy atom. The third-order valence-electron chi connectivity index (χ3n) is 27.7. The zero-order valence-electron chi connectivity index (χ0n) is 77.1. The molecule has 3 aliphatic rings. The van der Waals surface area contributed by atoms with Crippen LogP contribution in [0.25, 0.3) is 234 Å². The van der Waals surface area contributed by atoms with Crippen molar-refractivity contribution in [3.05, 3.63) is 473 Å². The first-order valence-electron chi connectivity index (χ1n) is 48.1. The van der Waals surface area contributed by atoms with Gasteiger partial charge in [-0.3, -0.25) is 0 Å². The van der Waals surface area contributed by atoms with Gasteiger partial charge in [-0.05, 0) is 172 Å². The van der Waals surface area contributed by atoms with Crippen LogP contribution in [0.2, 0.25) is 0 Å². The molecular formula is C129H78N12O3. The number of hydrogen-bond donors (Lipinski definition) is 0. The molecule has 0 spiro atoms. The fourth-order valence-corrected chi connectivity index (χ4v) is 21.2. The number of anilines is 9. The highest BCUT2D eigenvalue weighted by molar-refractivity contribution is 6.18. The number of furan rings is 3. The van der Waals surface area contributed by atoms with Crippen molar-refractivity contribution in [2.45, 2.75) is 0 Å². The minimum atomic E-state index is 0.591. The lowest BCUT2D eigenvalue weighted by atomic mass is 9.91. The molecule has 30 rings (SSSR count). The lowest BCUT2D eigenvalue weighted by Crippen LogP contribution is -2.15. The van der Waals surface area contributed by atoms with E-state index in [4.69, 9.17) is 58.1 Å². The standard InChI is InChI=1S/3C43H26N4O/c1-2-12-28(13-3-1)41-44-42(46-43(45-41)34-21-11-25-38-40(34)33-19-5-7-24-37(33)48-38)29-16-8-17-30(26-29)47-35-22-6-4-18-31(35)32-20-9-14-27-15-10-23-36(47)39(27)32;1-2-11-28(12-3-1)41-44-42(46-43(45-41)30-23-24-34-33-18-5-7-22-38(33)48-39(34)26-30)29-15-8-16-31(25-29)47-36-20-6-4-17-32(36)35-19-9-13-27-14-10-21-37(47)40(27)35;1-2-10-28(11-3-1)41-44-42(46-43(45-41)30-22-25-39-35(26-30)33-15-5-7-19-38(33)48-39)29-20-23-31(24-21-29)47-36-17-6-4-14-32(36)34-16-8-12-27-13-9-18-37(47)40(27)34/h3*1-26H. The summed E-state index contributed by atoms with van der Waals surface area (Å²) < 4.78 is 18.5. The fourth-order valence-electron chi connectivity index (χ4n) is 21.2. The molecule has 0 amide bonds. The number of benzene rings is 21. The van der Waals surface area contributed by atoms with Crippen molar-refractivity contribution in [3.8, 4) is 136 Å². The Balaban J connectivity index is 0.000000105. The third kappa shape index (κ3) is 14.2. The predicted octanol–water partition coefficient (Wildman–Crippen LogP) is 34.1. The second-order valence-electron chi connectivity index (χ2n) is 36.2. The molecule has 15 heteroatoms. The molecule has 0 fully saturated rings. The van der Waals surface area contributed by atoms with Crippen molar-refractivity contribution < 1.29 is 13.3 Å². The van der Waals surface area contributed by atoms with Crippen LogP contribution in [-0.2, 0) is 0 Å². The van der Waals surface area contributed by atoms with E-state index >= 15 is 0 Å². The Labute approximate surface area is 825 Å². The summed E-state index contributed by atoms with van der Waals surface area (Å²) in [6, 6.07) is 164. The molecule has 0 aliphatic carbocycles. The van der Waals surface area contributed by atoms with Gasteiger partial charge in [0.1, 0.15) is 33.5 Å². The highest BCUT2D eigenvalue weighted by atomic mass is 16.3. The second-order valence-corrected chi connectivity index (χ2v) is 36.2. The van der Waals surface area contributed by atoms with E-state index in [1.54, 1.807) is 0 Å². The largest absolute Gasteiger partial charge is 0.456 e. The predicted molar refractivity (Wildman–Crippen MR) is 584 cm³/mol. The Morgan fingerprint density at radius 1 is 0.139 bits per heavy atom. The van der Waals surface area contributed by atoms with Gasteiger partial charge < -0.3 is 28.0 Å². The van der Waals surface area contributed by atoms with E-state index in [1.807, 2.05) is 176 Å². The summed E-state index contributed by atoms with van der Waals surface area (Å²) in [6.07, 6.45) is 0. The molecule has 0 saturated carbocycles. The van der Waals surface area contributed by atoms with E-state index in [0.717, 1.165) is 161 Å². The van der Waals surface area contributed by atoms with Gasteiger partial charge in [-0.25, -0.2) is 44.9 Å². The third-order valence-corrected chi connectivity index (χ3v) is 27.7. The molecule has 0 radical (unpaired) electrons. The van der Waals surface area contributed by atoms with E-state index in [0.29, 0.717) is 52.4 Å². The number of rotatable bonds is 12. The van der Waals surface area contributed by atoms with Crippen molar-refractivity contribution in [1.29, 1.82) is 0 Å². The van der Waals surface area contributed by atoms with E-state index in [1.165, 1.54) is 71.4 Å². The molecule has 15 nitrogen and oxygen atoms in total. The molecule has 0 N–H and O–H groups in total. The summed E-state index contributed by atoms with van der Waals surface area (Å²) >= 11 is 0. The van der Waals surface area contributed by atoms with Crippen LogP contribution in [0.4, 0.5) is 51.2 Å². The average molecular weight is 1840 g/mol. The van der Waals surface area contributed by atoms with E-state index in [-0.39, 0.29) is 0 Å². The van der Waals surface area contributed by atoms with E-state index in [2.05, 4.69) is 312 Å². The second kappa shape index (κ2) is 34.1. The van der Waals surface area contributed by atoms with Gasteiger partial charge in [-0.1, -0.05) is 334 Å². The normalized spacial score (nSPS) is 12.1. The van der Waals surface area contributed by atoms with Crippen LogP contribution in [0, 0.1) is 0 Å². The maximum atomic E-state index is 6.23. The van der Waals surface area contributed by atoms with Crippen molar-refractivity contribution in [2.75, 3.05) is 14.7 Å². The van der Waals surface area contributed by atoms with Crippen LogP contribution in [0.5, 0.6) is 0 Å². The number of nitrogens with zero attached hydrogens (tertiary/aromatic N) is 12. The van der Waals surface area contributed by atoms with E-state index < -0.39 is 0 Å². The SMILES string of the molecule is c1ccc(-c2nc(-c3ccc(N4c5ccccc5-c5cccc6cccc4c56)cc3)nc(-c3ccc4oc5ccccc5c4c3)n2)cc1.c1ccc(-c2nc(-c3cccc(N4c5ccccc5-c5cccc6cccc4c56)c3)nc(-c3ccc4c(c3)oc3ccccc34)n2)cc1.c1ccc(-c2nc(-c3cccc(N4c5ccccc5-c5cccc6cccc4c56)c3)nc(-c3cccc4oc5ccccc5c34)n2)cc1. The highest BCUT2D eigenvalue weighted by Crippen LogP contribution is 2.56. The lowest BCUT2D eigenvalue weighted by molar-refractivity contribution is 0.668. The number of para-hydroxylation sites is 6. The van der Waals surface area contributed by atoms with Gasteiger partial charge in [0, 0.05) is 132 Å². The van der Waals surface area contributed by atoms with Crippen LogP contribution in [0.3, 0.4) is 0 Å². The number of aromatic nitrogens is 9. The molecule has 6 aromatic heterocycles. The van der Waals surface area contributed by atoms with Gasteiger partial charge in [0.05, 0.1) is 34.1 Å². The van der Waals surface area contributed by atoms with E-state index in [9.17, 15) is 0 Å². The van der Waals surface area contributed by atoms with Gasteiger partial charge in [0.2, 0.25) is 0 Å². The summed E-state index contributed by atoms with van der Waals surface area (Å²) in [5.41, 5.74) is 30.7. The Morgan fingerprint density at radius 2 is 0.417 bits per heavy atom. The topological polar surface area (TPSA) is 165 Å². The summed E-state index contributed by atoms with van der Waals surface area (Å²) in [5, 5.41) is 13.7. The summed E-state index contributed by atoms with van der Waals surface area (Å²) in [6.45, 7) is 0. The molecule has 3 aliphatic heterocycles. The molecule has 0 atom stereocenters. The molecule has 0 unspecified atom stereocenters. The maximum absolute atomic E-state index is 6.23. The number of hydrogen-bond acceptors (Lipinski definition) is 15. The van der Waals surface area contributed by atoms with Crippen molar-refractivity contribution in [2.24, 2.45) is 0 Å². The number of fused-ring (bicyclic) bond motifs is 15. The summed E-state index contributed by atoms with van der Waals surface area (Å²) in [7, 11) is 0. The first-order chi connectivity index (χ1) is 71.4. The lowest BCUT2D eigenvalue weighted by Gasteiger charge is -2.33. The quantitative estimate of drug-likeness (QED) is 0.113. The monoisotopic (exact) mass is 1840 g/mol. The average Bonchev–Trinajstić information content (AvgIpc) is 0.886. The van der Waals surface area contributed by atoms with Crippen molar-refractivity contribution in [3.63, 3.8) is 0 Å². The molecular weight excluding hydrogens is 1770 g/mol. The van der Waals surface area contributed by atoms with Crippen molar-refractivity contribution >= 4 is 149 Å². The molecule has 21 aromatic carbocycles. The van der Waals surface area contributed by atoms with Gasteiger partial charge in [-0.2, -0.15) is 0 Å². The highest BCUT2D eigenvalue weighted by Gasteiger charge is 2.32. The summed E-state index contributed by atoms with van der Waals surface area (Å²) in [5.74, 6) is 5.50. The first-order valence-corrected chi connectivity index (χ1v) is 48.1. The Bertz CT molecular complexity index is 9840. The van der Waals surface area contributed by atoms with Crippen LogP contribution in [0.15, 0.2) is 486 Å². The Hall–Kier alpha value is -19.8. The molecule has 144 heavy (non-hydrogen) atoms. The Kier molecular flexibility index (Phi) is 19.6. The van der Waals surface area contributed by atoms with Crippen LogP contribution < -0.4 is 14.7 Å². The van der Waals surface area contributed by atoms with Crippen molar-refractivity contribution in [1.82, 2.24) is 44.9 Å². The molecule has 9 heterocycles. The smallest absolute Gasteiger partial charge is 0.164 e. The first kappa shape index (κ1) is 82.5. The van der Waals surface area contributed by atoms with Gasteiger partial charge in [0.15, 0.2) is 52.4 Å². The van der Waals surface area contributed by atoms with Gasteiger partial charge in [0.25, 0.3) is 0 Å². The molecule has 27 aromatic rings. The van der Waals surface area contributed by atoms with Crippen LogP contribution in [0.1, 0.15) is 0 Å². The zero-order chi connectivity index (χ0) is 94.8. The molecule has 672 valence electrons. The van der Waals surface area contributed by atoms with Gasteiger partial charge in [-0.15, -0.1) is 0 Å². The minimum Gasteiger partial charge on any atom is -0.456 e. The maximum Gasteiger partial charge on any atom is 0.164 e.